The van der Waals surface area contributed by atoms with Crippen LogP contribution < -0.4 is 20.1 Å². The SMILES string of the molecule is CCOC(=O)C1=C(CN2CCCC2c2ccc3c(c2)OCCO3)NC(=O)NC1c1ccco1. The number of urea groups is 1. The highest BCUT2D eigenvalue weighted by Crippen LogP contribution is 2.39. The number of esters is 1. The normalized spacial score (nSPS) is 22.6. The van der Waals surface area contributed by atoms with Gasteiger partial charge in [0.05, 0.1) is 18.4 Å². The number of hydrogen-bond donors (Lipinski definition) is 2. The number of benzene rings is 1. The van der Waals surface area contributed by atoms with Gasteiger partial charge in [0.15, 0.2) is 11.5 Å². The second-order valence-corrected chi connectivity index (χ2v) is 8.19. The Hall–Kier alpha value is -3.46. The quantitative estimate of drug-likeness (QED) is 0.648. The van der Waals surface area contributed by atoms with Crippen molar-refractivity contribution in [2.45, 2.75) is 31.8 Å². The van der Waals surface area contributed by atoms with Gasteiger partial charge >= 0.3 is 12.0 Å². The number of rotatable bonds is 6. The zero-order chi connectivity index (χ0) is 22.8. The highest BCUT2D eigenvalue weighted by molar-refractivity contribution is 5.95. The molecule has 0 bridgehead atoms. The summed E-state index contributed by atoms with van der Waals surface area (Å²) in [5, 5.41) is 5.64. The Morgan fingerprint density at radius 2 is 2.06 bits per heavy atom. The molecule has 174 valence electrons. The van der Waals surface area contributed by atoms with Crippen molar-refractivity contribution in [3.63, 3.8) is 0 Å². The summed E-state index contributed by atoms with van der Waals surface area (Å²) in [5.74, 6) is 1.52. The summed E-state index contributed by atoms with van der Waals surface area (Å²) < 4.78 is 22.3. The number of nitrogens with one attached hydrogen (secondary N) is 2. The van der Waals surface area contributed by atoms with Crippen molar-refractivity contribution >= 4 is 12.0 Å². The molecule has 0 aliphatic carbocycles. The molecule has 2 aromatic rings. The summed E-state index contributed by atoms with van der Waals surface area (Å²) in [6.07, 6.45) is 3.49. The van der Waals surface area contributed by atoms with E-state index in [1.165, 1.54) is 6.26 Å². The molecule has 2 amide bonds. The largest absolute Gasteiger partial charge is 0.486 e. The van der Waals surface area contributed by atoms with Crippen molar-refractivity contribution in [3.05, 3.63) is 59.2 Å². The van der Waals surface area contributed by atoms with Gasteiger partial charge in [-0.15, -0.1) is 0 Å². The molecule has 0 radical (unpaired) electrons. The first-order chi connectivity index (χ1) is 16.1. The molecular weight excluding hydrogens is 426 g/mol. The standard InChI is InChI=1S/C24H27N3O6/c1-2-30-23(28)21-16(25-24(29)26-22(21)19-6-4-10-31-19)14-27-9-3-5-17(27)15-7-8-18-20(13-15)33-12-11-32-18/h4,6-8,10,13,17,22H,2-3,5,9,11-12,14H2,1H3,(H2,25,26,29). The van der Waals surface area contributed by atoms with Crippen molar-refractivity contribution < 1.29 is 28.2 Å². The third-order valence-electron chi connectivity index (χ3n) is 6.15. The van der Waals surface area contributed by atoms with Gasteiger partial charge in [0.2, 0.25) is 0 Å². The lowest BCUT2D eigenvalue weighted by Gasteiger charge is -2.32. The number of amides is 2. The molecule has 9 nitrogen and oxygen atoms in total. The van der Waals surface area contributed by atoms with E-state index in [-0.39, 0.29) is 18.7 Å². The van der Waals surface area contributed by atoms with Crippen LogP contribution in [0.3, 0.4) is 0 Å². The van der Waals surface area contributed by atoms with Crippen LogP contribution in [-0.2, 0) is 9.53 Å². The van der Waals surface area contributed by atoms with Crippen molar-refractivity contribution in [3.8, 4) is 11.5 Å². The average molecular weight is 453 g/mol. The lowest BCUT2D eigenvalue weighted by atomic mass is 9.99. The van der Waals surface area contributed by atoms with Gasteiger partial charge in [-0.05, 0) is 56.1 Å². The molecule has 1 fully saturated rings. The zero-order valence-corrected chi connectivity index (χ0v) is 18.5. The van der Waals surface area contributed by atoms with E-state index >= 15 is 0 Å². The minimum Gasteiger partial charge on any atom is -0.486 e. The summed E-state index contributed by atoms with van der Waals surface area (Å²) in [4.78, 5) is 27.7. The Balaban J connectivity index is 1.46. The summed E-state index contributed by atoms with van der Waals surface area (Å²) in [7, 11) is 0. The highest BCUT2D eigenvalue weighted by Gasteiger charge is 2.37. The molecule has 2 atom stereocenters. The average Bonchev–Trinajstić information content (AvgIpc) is 3.51. The van der Waals surface area contributed by atoms with Gasteiger partial charge in [-0.2, -0.15) is 0 Å². The predicted octanol–water partition coefficient (Wildman–Crippen LogP) is 3.06. The third-order valence-corrected chi connectivity index (χ3v) is 6.15. The number of nitrogens with zero attached hydrogens (tertiary/aromatic N) is 1. The van der Waals surface area contributed by atoms with Crippen LogP contribution in [-0.4, -0.2) is 49.8 Å². The Kier molecular flexibility index (Phi) is 5.95. The second kappa shape index (κ2) is 9.19. The molecule has 2 unspecified atom stereocenters. The van der Waals surface area contributed by atoms with Crippen molar-refractivity contribution in [1.82, 2.24) is 15.5 Å². The number of carbonyl (C=O) groups is 2. The summed E-state index contributed by atoms with van der Waals surface area (Å²) in [5.41, 5.74) is 2.01. The number of fused-ring (bicyclic) bond motifs is 1. The van der Waals surface area contributed by atoms with Crippen LogP contribution in [0.2, 0.25) is 0 Å². The van der Waals surface area contributed by atoms with E-state index < -0.39 is 12.0 Å². The van der Waals surface area contributed by atoms with Crippen molar-refractivity contribution in [2.24, 2.45) is 0 Å². The molecule has 3 aliphatic rings. The molecule has 0 saturated carbocycles. The first-order valence-electron chi connectivity index (χ1n) is 11.3. The van der Waals surface area contributed by atoms with Gasteiger partial charge in [0.25, 0.3) is 0 Å². The van der Waals surface area contributed by atoms with E-state index in [0.717, 1.165) is 36.4 Å². The summed E-state index contributed by atoms with van der Waals surface area (Å²) in [6.45, 7) is 4.32. The number of furan rings is 1. The molecule has 3 aliphatic heterocycles. The topological polar surface area (TPSA) is 102 Å². The molecule has 4 heterocycles. The molecule has 5 rings (SSSR count). The van der Waals surface area contributed by atoms with Crippen LogP contribution >= 0.6 is 0 Å². The van der Waals surface area contributed by atoms with E-state index in [0.29, 0.717) is 36.8 Å². The van der Waals surface area contributed by atoms with Crippen LogP contribution in [0.15, 0.2) is 52.3 Å². The van der Waals surface area contributed by atoms with E-state index in [4.69, 9.17) is 18.6 Å². The first kappa shape index (κ1) is 21.4. The monoisotopic (exact) mass is 453 g/mol. The fraction of sp³-hybridized carbons (Fsp3) is 0.417. The summed E-state index contributed by atoms with van der Waals surface area (Å²) in [6, 6.07) is 8.54. The van der Waals surface area contributed by atoms with Gasteiger partial charge in [0, 0.05) is 18.3 Å². The van der Waals surface area contributed by atoms with E-state index in [9.17, 15) is 9.59 Å². The van der Waals surface area contributed by atoms with Gasteiger partial charge in [0.1, 0.15) is 25.0 Å². The molecule has 2 N–H and O–H groups in total. The Bertz CT molecular complexity index is 1060. The maximum atomic E-state index is 12.9. The maximum absolute atomic E-state index is 12.9. The van der Waals surface area contributed by atoms with Gasteiger partial charge in [-0.3, -0.25) is 4.90 Å². The summed E-state index contributed by atoms with van der Waals surface area (Å²) >= 11 is 0. The first-order valence-corrected chi connectivity index (χ1v) is 11.3. The number of likely N-dealkylation sites (tertiary alicyclic amines) is 1. The number of hydrogen-bond acceptors (Lipinski definition) is 7. The fourth-order valence-electron chi connectivity index (χ4n) is 4.72. The molecule has 0 spiro atoms. The van der Waals surface area contributed by atoms with Crippen LogP contribution in [0, 0.1) is 0 Å². The predicted molar refractivity (Wildman–Crippen MR) is 118 cm³/mol. The van der Waals surface area contributed by atoms with Crippen LogP contribution in [0.25, 0.3) is 0 Å². The lowest BCUT2D eigenvalue weighted by molar-refractivity contribution is -0.139. The van der Waals surface area contributed by atoms with Gasteiger partial charge in [-0.1, -0.05) is 6.07 Å². The van der Waals surface area contributed by atoms with Crippen LogP contribution in [0.1, 0.15) is 43.2 Å². The Morgan fingerprint density at radius 1 is 1.21 bits per heavy atom. The molecule has 1 saturated heterocycles. The molecular formula is C24H27N3O6. The van der Waals surface area contributed by atoms with E-state index in [1.54, 1.807) is 19.1 Å². The van der Waals surface area contributed by atoms with Crippen molar-refractivity contribution in [2.75, 3.05) is 32.9 Å². The van der Waals surface area contributed by atoms with E-state index in [2.05, 4.69) is 21.6 Å². The minimum absolute atomic E-state index is 0.130. The highest BCUT2D eigenvalue weighted by atomic mass is 16.6. The lowest BCUT2D eigenvalue weighted by Crippen LogP contribution is -2.48. The fourth-order valence-corrected chi connectivity index (χ4v) is 4.72. The number of ether oxygens (including phenoxy) is 3. The smallest absolute Gasteiger partial charge is 0.338 e. The molecule has 33 heavy (non-hydrogen) atoms. The minimum atomic E-state index is -0.710. The Morgan fingerprint density at radius 3 is 2.85 bits per heavy atom. The van der Waals surface area contributed by atoms with Gasteiger partial charge < -0.3 is 29.3 Å². The second-order valence-electron chi connectivity index (χ2n) is 8.19. The number of carbonyl (C=O) groups excluding carboxylic acids is 2. The van der Waals surface area contributed by atoms with E-state index in [1.807, 2.05) is 12.1 Å². The third kappa shape index (κ3) is 4.28. The van der Waals surface area contributed by atoms with Crippen LogP contribution in [0.4, 0.5) is 4.79 Å². The molecule has 9 heteroatoms. The van der Waals surface area contributed by atoms with Gasteiger partial charge in [-0.25, -0.2) is 9.59 Å². The van der Waals surface area contributed by atoms with Crippen LogP contribution in [0.5, 0.6) is 11.5 Å². The molecule has 1 aromatic heterocycles. The Labute approximate surface area is 191 Å². The van der Waals surface area contributed by atoms with Crippen molar-refractivity contribution in [1.29, 1.82) is 0 Å². The zero-order valence-electron chi connectivity index (χ0n) is 18.5. The molecule has 1 aromatic carbocycles. The maximum Gasteiger partial charge on any atom is 0.338 e.